The molecule has 1 aliphatic rings. The molecule has 1 aliphatic carbocycles. The summed E-state index contributed by atoms with van der Waals surface area (Å²) in [6.45, 7) is 2.38. The number of carboxylic acids is 1. The van der Waals surface area contributed by atoms with Gasteiger partial charge >= 0.3 is 12.1 Å². The zero-order valence-electron chi connectivity index (χ0n) is 17.6. The number of hydrogen-bond acceptors (Lipinski definition) is 4. The largest absolute Gasteiger partial charge is 0.481 e. The van der Waals surface area contributed by atoms with Crippen LogP contribution in [0.25, 0.3) is 11.1 Å². The molecule has 0 radical (unpaired) electrons. The third kappa shape index (κ3) is 5.84. The van der Waals surface area contributed by atoms with Crippen LogP contribution in [0, 0.1) is 0 Å². The molecule has 2 amide bonds. The average molecular weight is 424 g/mol. The Bertz CT molecular complexity index is 898. The number of amides is 2. The first-order chi connectivity index (χ1) is 15.0. The van der Waals surface area contributed by atoms with Gasteiger partial charge in [0.2, 0.25) is 5.91 Å². The third-order valence-electron chi connectivity index (χ3n) is 5.47. The van der Waals surface area contributed by atoms with Gasteiger partial charge in [0.1, 0.15) is 6.61 Å². The molecule has 31 heavy (non-hydrogen) atoms. The van der Waals surface area contributed by atoms with Crippen LogP contribution >= 0.6 is 0 Å². The maximum absolute atomic E-state index is 12.1. The van der Waals surface area contributed by atoms with E-state index < -0.39 is 12.1 Å². The van der Waals surface area contributed by atoms with E-state index >= 15 is 0 Å². The lowest BCUT2D eigenvalue weighted by molar-refractivity contribution is -0.137. The summed E-state index contributed by atoms with van der Waals surface area (Å²) in [7, 11) is 0. The van der Waals surface area contributed by atoms with Crippen LogP contribution in [0.3, 0.4) is 0 Å². The van der Waals surface area contributed by atoms with E-state index in [4.69, 9.17) is 9.84 Å². The molecule has 0 fully saturated rings. The molecule has 0 aromatic heterocycles. The number of nitrogens with one attached hydrogen (secondary N) is 2. The highest BCUT2D eigenvalue weighted by atomic mass is 16.5. The second-order valence-electron chi connectivity index (χ2n) is 7.63. The zero-order chi connectivity index (χ0) is 22.2. The molecule has 3 rings (SSSR count). The summed E-state index contributed by atoms with van der Waals surface area (Å²) in [5.74, 6) is -1.16. The third-order valence-corrected chi connectivity index (χ3v) is 5.47. The van der Waals surface area contributed by atoms with Gasteiger partial charge in [-0.15, -0.1) is 0 Å². The van der Waals surface area contributed by atoms with Gasteiger partial charge in [0.15, 0.2) is 0 Å². The Hall–Kier alpha value is -3.35. The number of benzene rings is 2. The summed E-state index contributed by atoms with van der Waals surface area (Å²) in [6.07, 6.45) is 0.592. The Kier molecular flexibility index (Phi) is 7.65. The fourth-order valence-corrected chi connectivity index (χ4v) is 3.90. The Morgan fingerprint density at radius 2 is 1.65 bits per heavy atom. The number of rotatable bonds is 10. The fraction of sp³-hybridized carbons (Fsp3) is 0.375. The SMILES string of the molecule is CC[C@@H](CC(=O)O)NC(=O)CCCNC(=O)OCC1c2ccccc2-c2ccccc21. The van der Waals surface area contributed by atoms with Gasteiger partial charge in [-0.05, 0) is 35.1 Å². The first kappa shape index (κ1) is 22.3. The molecule has 0 unspecified atom stereocenters. The molecular formula is C24H28N2O5. The van der Waals surface area contributed by atoms with Gasteiger partial charge in [-0.1, -0.05) is 55.5 Å². The fourth-order valence-electron chi connectivity index (χ4n) is 3.90. The molecule has 2 aromatic rings. The Morgan fingerprint density at radius 3 is 2.23 bits per heavy atom. The number of alkyl carbamates (subject to hydrolysis) is 1. The lowest BCUT2D eigenvalue weighted by Gasteiger charge is -2.15. The normalized spacial score (nSPS) is 13.1. The quantitative estimate of drug-likeness (QED) is 0.505. The number of carboxylic acid groups (broad SMARTS) is 1. The van der Waals surface area contributed by atoms with E-state index in [2.05, 4.69) is 34.9 Å². The molecule has 1 atom stereocenters. The Labute approximate surface area is 181 Å². The molecule has 0 bridgehead atoms. The highest BCUT2D eigenvalue weighted by Crippen LogP contribution is 2.44. The number of ether oxygens (including phenoxy) is 1. The lowest BCUT2D eigenvalue weighted by Crippen LogP contribution is -2.36. The van der Waals surface area contributed by atoms with E-state index in [1.54, 1.807) is 0 Å². The summed E-state index contributed by atoms with van der Waals surface area (Å²) >= 11 is 0. The molecule has 0 saturated heterocycles. The van der Waals surface area contributed by atoms with Crippen molar-refractivity contribution in [2.45, 2.75) is 44.6 Å². The molecule has 164 valence electrons. The van der Waals surface area contributed by atoms with E-state index in [-0.39, 0.29) is 37.3 Å². The van der Waals surface area contributed by atoms with E-state index in [1.807, 2.05) is 31.2 Å². The van der Waals surface area contributed by atoms with Gasteiger partial charge in [-0.2, -0.15) is 0 Å². The Morgan fingerprint density at radius 1 is 1.03 bits per heavy atom. The van der Waals surface area contributed by atoms with Gasteiger partial charge in [-0.3, -0.25) is 9.59 Å². The summed E-state index contributed by atoms with van der Waals surface area (Å²) in [5.41, 5.74) is 4.65. The van der Waals surface area contributed by atoms with Crippen molar-refractivity contribution >= 4 is 18.0 Å². The summed E-state index contributed by atoms with van der Waals surface area (Å²) < 4.78 is 5.46. The summed E-state index contributed by atoms with van der Waals surface area (Å²) in [4.78, 5) is 34.8. The molecular weight excluding hydrogens is 396 g/mol. The molecule has 7 heteroatoms. The van der Waals surface area contributed by atoms with Crippen molar-refractivity contribution in [1.82, 2.24) is 10.6 Å². The standard InChI is InChI=1S/C24H28N2O5/c1-2-16(14-23(28)29)26-22(27)12-7-13-25-24(30)31-15-21-19-10-5-3-8-17(19)18-9-4-6-11-20(18)21/h3-6,8-11,16,21H,2,7,12-15H2,1H3,(H,25,30)(H,26,27)(H,28,29)/t16-/m0/s1. The zero-order valence-corrected chi connectivity index (χ0v) is 17.6. The minimum absolute atomic E-state index is 0.00383. The predicted molar refractivity (Wildman–Crippen MR) is 117 cm³/mol. The molecule has 0 aliphatic heterocycles. The average Bonchev–Trinajstić information content (AvgIpc) is 3.08. The number of hydrogen-bond donors (Lipinski definition) is 3. The topological polar surface area (TPSA) is 105 Å². The number of fused-ring (bicyclic) bond motifs is 3. The molecule has 2 aromatic carbocycles. The van der Waals surface area contributed by atoms with Crippen molar-refractivity contribution in [2.24, 2.45) is 0 Å². The molecule has 0 heterocycles. The van der Waals surface area contributed by atoms with Crippen LogP contribution in [0.4, 0.5) is 4.79 Å². The van der Waals surface area contributed by atoms with Gasteiger partial charge in [0, 0.05) is 24.9 Å². The first-order valence-electron chi connectivity index (χ1n) is 10.6. The highest BCUT2D eigenvalue weighted by molar-refractivity contribution is 5.79. The Balaban J connectivity index is 1.41. The van der Waals surface area contributed by atoms with Crippen LogP contribution in [-0.2, 0) is 14.3 Å². The highest BCUT2D eigenvalue weighted by Gasteiger charge is 2.28. The van der Waals surface area contributed by atoms with E-state index in [9.17, 15) is 14.4 Å². The van der Waals surface area contributed by atoms with Crippen molar-refractivity contribution in [2.75, 3.05) is 13.2 Å². The van der Waals surface area contributed by atoms with E-state index in [0.717, 1.165) is 11.1 Å². The van der Waals surface area contributed by atoms with Crippen molar-refractivity contribution in [3.05, 3.63) is 59.7 Å². The monoisotopic (exact) mass is 424 g/mol. The van der Waals surface area contributed by atoms with Gasteiger partial charge in [0.25, 0.3) is 0 Å². The molecule has 0 saturated carbocycles. The van der Waals surface area contributed by atoms with Crippen LogP contribution in [0.2, 0.25) is 0 Å². The second-order valence-corrected chi connectivity index (χ2v) is 7.63. The summed E-state index contributed by atoms with van der Waals surface area (Å²) in [5, 5.41) is 14.2. The number of carbonyl (C=O) groups excluding carboxylic acids is 2. The maximum atomic E-state index is 12.1. The minimum atomic E-state index is -0.941. The van der Waals surface area contributed by atoms with Crippen LogP contribution in [-0.4, -0.2) is 42.3 Å². The molecule has 3 N–H and O–H groups in total. The van der Waals surface area contributed by atoms with Crippen molar-refractivity contribution in [1.29, 1.82) is 0 Å². The predicted octanol–water partition coefficient (Wildman–Crippen LogP) is 3.67. The molecule has 0 spiro atoms. The number of aliphatic carboxylic acids is 1. The van der Waals surface area contributed by atoms with Crippen LogP contribution in [0.15, 0.2) is 48.5 Å². The van der Waals surface area contributed by atoms with Crippen molar-refractivity contribution in [3.8, 4) is 11.1 Å². The van der Waals surface area contributed by atoms with E-state index in [0.29, 0.717) is 19.4 Å². The van der Waals surface area contributed by atoms with Crippen molar-refractivity contribution < 1.29 is 24.2 Å². The maximum Gasteiger partial charge on any atom is 0.407 e. The number of carbonyl (C=O) groups is 3. The van der Waals surface area contributed by atoms with Gasteiger partial charge in [0.05, 0.1) is 6.42 Å². The molecule has 7 nitrogen and oxygen atoms in total. The lowest BCUT2D eigenvalue weighted by atomic mass is 9.98. The first-order valence-corrected chi connectivity index (χ1v) is 10.6. The van der Waals surface area contributed by atoms with Crippen LogP contribution in [0.5, 0.6) is 0 Å². The van der Waals surface area contributed by atoms with E-state index in [1.165, 1.54) is 11.1 Å². The van der Waals surface area contributed by atoms with Gasteiger partial charge in [-0.25, -0.2) is 4.79 Å². The smallest absolute Gasteiger partial charge is 0.407 e. The minimum Gasteiger partial charge on any atom is -0.481 e. The van der Waals surface area contributed by atoms with Crippen LogP contribution < -0.4 is 10.6 Å². The second kappa shape index (κ2) is 10.6. The van der Waals surface area contributed by atoms with Crippen molar-refractivity contribution in [3.63, 3.8) is 0 Å². The van der Waals surface area contributed by atoms with Gasteiger partial charge < -0.3 is 20.5 Å². The van der Waals surface area contributed by atoms with Crippen LogP contribution in [0.1, 0.15) is 49.7 Å². The summed E-state index contributed by atoms with van der Waals surface area (Å²) in [6, 6.07) is 15.9.